The van der Waals surface area contributed by atoms with Crippen molar-refractivity contribution >= 4 is 10.9 Å². The quantitative estimate of drug-likeness (QED) is 0.742. The first-order valence-electron chi connectivity index (χ1n) is 4.78. The van der Waals surface area contributed by atoms with E-state index in [1.54, 1.807) is 0 Å². The molecule has 0 saturated heterocycles. The van der Waals surface area contributed by atoms with Crippen LogP contribution in [0.4, 0.5) is 0 Å². The zero-order valence-electron chi connectivity index (χ0n) is 8.54. The van der Waals surface area contributed by atoms with Crippen LogP contribution in [-0.4, -0.2) is 4.98 Å². The molecule has 0 amide bonds. The molecule has 0 spiro atoms. The predicted octanol–water partition coefficient (Wildman–Crippen LogP) is 2.31. The number of pyridine rings is 1. The van der Waals surface area contributed by atoms with Crippen molar-refractivity contribution in [3.05, 3.63) is 41.1 Å². The first kappa shape index (κ1) is 9.16. The van der Waals surface area contributed by atoms with Gasteiger partial charge < -0.3 is 5.73 Å². The summed E-state index contributed by atoms with van der Waals surface area (Å²) in [4.78, 5) is 4.53. The molecule has 1 aromatic heterocycles. The third-order valence-electron chi connectivity index (χ3n) is 2.54. The van der Waals surface area contributed by atoms with Gasteiger partial charge in [-0.1, -0.05) is 18.2 Å². The average molecular weight is 186 g/mol. The maximum absolute atomic E-state index is 5.57. The van der Waals surface area contributed by atoms with E-state index in [1.807, 2.05) is 6.07 Å². The van der Waals surface area contributed by atoms with Crippen LogP contribution in [0.3, 0.4) is 0 Å². The van der Waals surface area contributed by atoms with Crippen molar-refractivity contribution < 1.29 is 0 Å². The van der Waals surface area contributed by atoms with Gasteiger partial charge in [-0.05, 0) is 31.0 Å². The van der Waals surface area contributed by atoms with E-state index in [-0.39, 0.29) is 0 Å². The van der Waals surface area contributed by atoms with Gasteiger partial charge in [0.05, 0.1) is 11.2 Å². The number of nitrogens with zero attached hydrogens (tertiary/aromatic N) is 1. The molecule has 0 unspecified atom stereocenters. The van der Waals surface area contributed by atoms with Gasteiger partial charge in [0.1, 0.15) is 0 Å². The van der Waals surface area contributed by atoms with Gasteiger partial charge in [0.25, 0.3) is 0 Å². The summed E-state index contributed by atoms with van der Waals surface area (Å²) in [6.45, 7) is 4.68. The summed E-state index contributed by atoms with van der Waals surface area (Å²) in [6.07, 6.45) is 0. The fourth-order valence-corrected chi connectivity index (χ4v) is 1.65. The molecule has 0 atom stereocenters. The van der Waals surface area contributed by atoms with Crippen LogP contribution in [0.2, 0.25) is 0 Å². The molecular weight excluding hydrogens is 172 g/mol. The highest BCUT2D eigenvalue weighted by Gasteiger charge is 2.02. The Morgan fingerprint density at radius 3 is 2.50 bits per heavy atom. The lowest BCUT2D eigenvalue weighted by Crippen LogP contribution is -2.00. The third-order valence-corrected chi connectivity index (χ3v) is 2.54. The molecule has 0 fully saturated rings. The Labute approximate surface area is 83.8 Å². The molecule has 0 aliphatic heterocycles. The Hall–Kier alpha value is -1.41. The van der Waals surface area contributed by atoms with Gasteiger partial charge in [-0.25, -0.2) is 0 Å². The molecule has 0 radical (unpaired) electrons. The maximum atomic E-state index is 5.57. The number of aryl methyl sites for hydroxylation is 2. The lowest BCUT2D eigenvalue weighted by atomic mass is 10.1. The van der Waals surface area contributed by atoms with E-state index >= 15 is 0 Å². The number of rotatable bonds is 1. The highest BCUT2D eigenvalue weighted by molar-refractivity contribution is 5.84. The SMILES string of the molecule is Cc1ccc(C)c2nc(CN)ccc12. The first-order chi connectivity index (χ1) is 6.72. The van der Waals surface area contributed by atoms with Gasteiger partial charge in [-0.3, -0.25) is 4.98 Å². The van der Waals surface area contributed by atoms with Gasteiger partial charge in [0, 0.05) is 11.9 Å². The van der Waals surface area contributed by atoms with Gasteiger partial charge >= 0.3 is 0 Å². The zero-order valence-corrected chi connectivity index (χ0v) is 8.54. The second-order valence-corrected chi connectivity index (χ2v) is 3.60. The van der Waals surface area contributed by atoms with Gasteiger partial charge in [0.2, 0.25) is 0 Å². The van der Waals surface area contributed by atoms with Crippen LogP contribution in [0.5, 0.6) is 0 Å². The van der Waals surface area contributed by atoms with Gasteiger partial charge in [-0.2, -0.15) is 0 Å². The summed E-state index contributed by atoms with van der Waals surface area (Å²) in [6, 6.07) is 8.33. The summed E-state index contributed by atoms with van der Waals surface area (Å²) in [5.74, 6) is 0. The van der Waals surface area contributed by atoms with E-state index in [1.165, 1.54) is 16.5 Å². The molecule has 0 aliphatic carbocycles. The highest BCUT2D eigenvalue weighted by atomic mass is 14.7. The fourth-order valence-electron chi connectivity index (χ4n) is 1.65. The monoisotopic (exact) mass is 186 g/mol. The van der Waals surface area contributed by atoms with Crippen LogP contribution in [0.15, 0.2) is 24.3 Å². The largest absolute Gasteiger partial charge is 0.325 e. The van der Waals surface area contributed by atoms with E-state index in [2.05, 4.69) is 37.0 Å². The van der Waals surface area contributed by atoms with Gasteiger partial charge in [0.15, 0.2) is 0 Å². The van der Waals surface area contributed by atoms with Crippen LogP contribution in [0.25, 0.3) is 10.9 Å². The molecule has 1 heterocycles. The zero-order chi connectivity index (χ0) is 10.1. The standard InChI is InChI=1S/C12H14N2/c1-8-3-4-9(2)12-11(8)6-5-10(7-13)14-12/h3-6H,7,13H2,1-2H3. The maximum Gasteiger partial charge on any atom is 0.0737 e. The molecule has 0 aliphatic rings. The predicted molar refractivity (Wildman–Crippen MR) is 59.1 cm³/mol. The van der Waals surface area contributed by atoms with E-state index in [0.717, 1.165) is 11.2 Å². The number of benzene rings is 1. The summed E-state index contributed by atoms with van der Waals surface area (Å²) in [7, 11) is 0. The topological polar surface area (TPSA) is 38.9 Å². The fraction of sp³-hybridized carbons (Fsp3) is 0.250. The summed E-state index contributed by atoms with van der Waals surface area (Å²) >= 11 is 0. The number of hydrogen-bond acceptors (Lipinski definition) is 2. The molecule has 14 heavy (non-hydrogen) atoms. The third kappa shape index (κ3) is 1.38. The Kier molecular flexibility index (Phi) is 2.22. The minimum absolute atomic E-state index is 0.503. The number of fused-ring (bicyclic) bond motifs is 1. The molecule has 0 bridgehead atoms. The van der Waals surface area contributed by atoms with Crippen molar-refractivity contribution in [2.75, 3.05) is 0 Å². The molecule has 2 nitrogen and oxygen atoms in total. The number of aromatic nitrogens is 1. The van der Waals surface area contributed by atoms with Crippen molar-refractivity contribution in [1.29, 1.82) is 0 Å². The Morgan fingerprint density at radius 2 is 1.79 bits per heavy atom. The molecule has 0 saturated carbocycles. The summed E-state index contributed by atoms with van der Waals surface area (Å²) in [5, 5.41) is 1.22. The van der Waals surface area contributed by atoms with Crippen molar-refractivity contribution in [3.8, 4) is 0 Å². The normalized spacial score (nSPS) is 10.8. The van der Waals surface area contributed by atoms with E-state index in [4.69, 9.17) is 5.73 Å². The van der Waals surface area contributed by atoms with E-state index in [9.17, 15) is 0 Å². The minimum Gasteiger partial charge on any atom is -0.325 e. The molecule has 1 aromatic carbocycles. The second-order valence-electron chi connectivity index (χ2n) is 3.60. The molecule has 2 N–H and O–H groups in total. The molecule has 2 heteroatoms. The second kappa shape index (κ2) is 3.39. The Balaban J connectivity index is 2.80. The lowest BCUT2D eigenvalue weighted by molar-refractivity contribution is 1.00. The van der Waals surface area contributed by atoms with Crippen LogP contribution in [0, 0.1) is 13.8 Å². The van der Waals surface area contributed by atoms with Crippen LogP contribution < -0.4 is 5.73 Å². The number of hydrogen-bond donors (Lipinski definition) is 1. The molecule has 2 aromatic rings. The Morgan fingerprint density at radius 1 is 1.07 bits per heavy atom. The van der Waals surface area contributed by atoms with Crippen molar-refractivity contribution in [2.45, 2.75) is 20.4 Å². The first-order valence-corrected chi connectivity index (χ1v) is 4.78. The highest BCUT2D eigenvalue weighted by Crippen LogP contribution is 2.20. The van der Waals surface area contributed by atoms with E-state index < -0.39 is 0 Å². The van der Waals surface area contributed by atoms with Crippen LogP contribution in [0.1, 0.15) is 16.8 Å². The Bertz CT molecular complexity index is 475. The number of nitrogens with two attached hydrogens (primary N) is 1. The molecular formula is C12H14N2. The van der Waals surface area contributed by atoms with E-state index in [0.29, 0.717) is 6.54 Å². The minimum atomic E-state index is 0.503. The lowest BCUT2D eigenvalue weighted by Gasteiger charge is -2.06. The molecule has 2 rings (SSSR count). The molecule has 72 valence electrons. The summed E-state index contributed by atoms with van der Waals surface area (Å²) in [5.41, 5.74) is 10.1. The van der Waals surface area contributed by atoms with Crippen LogP contribution >= 0.6 is 0 Å². The van der Waals surface area contributed by atoms with Crippen LogP contribution in [-0.2, 0) is 6.54 Å². The van der Waals surface area contributed by atoms with Gasteiger partial charge in [-0.15, -0.1) is 0 Å². The van der Waals surface area contributed by atoms with Crippen molar-refractivity contribution in [2.24, 2.45) is 5.73 Å². The summed E-state index contributed by atoms with van der Waals surface area (Å²) < 4.78 is 0. The van der Waals surface area contributed by atoms with Crippen molar-refractivity contribution in [3.63, 3.8) is 0 Å². The van der Waals surface area contributed by atoms with Crippen molar-refractivity contribution in [1.82, 2.24) is 4.98 Å². The average Bonchev–Trinajstić information content (AvgIpc) is 2.23. The smallest absolute Gasteiger partial charge is 0.0737 e.